The maximum absolute atomic E-state index is 12.7. The molecular formula is C28H26N2O4. The molecule has 34 heavy (non-hydrogen) atoms. The number of rotatable bonds is 7. The third-order valence-electron chi connectivity index (χ3n) is 5.70. The highest BCUT2D eigenvalue weighted by Crippen LogP contribution is 2.30. The van der Waals surface area contributed by atoms with E-state index in [1.807, 2.05) is 67.6 Å². The van der Waals surface area contributed by atoms with Gasteiger partial charge in [-0.15, -0.1) is 0 Å². The molecule has 0 bridgehead atoms. The maximum atomic E-state index is 12.7. The van der Waals surface area contributed by atoms with Gasteiger partial charge in [-0.25, -0.2) is 0 Å². The number of H-pyrrole nitrogens is 1. The lowest BCUT2D eigenvalue weighted by molar-refractivity contribution is 0.0950. The van der Waals surface area contributed by atoms with Gasteiger partial charge < -0.3 is 19.8 Å². The molecule has 172 valence electrons. The molecule has 0 spiro atoms. The van der Waals surface area contributed by atoms with Crippen LogP contribution in [0.3, 0.4) is 0 Å². The first-order valence-electron chi connectivity index (χ1n) is 10.9. The number of carbonyl (C=O) groups is 1. The van der Waals surface area contributed by atoms with Crippen molar-refractivity contribution in [2.45, 2.75) is 13.5 Å². The van der Waals surface area contributed by atoms with Crippen molar-refractivity contribution in [1.82, 2.24) is 10.3 Å². The van der Waals surface area contributed by atoms with Crippen LogP contribution in [0, 0.1) is 6.92 Å². The fraction of sp³-hybridized carbons (Fsp3) is 0.143. The molecule has 1 heterocycles. The van der Waals surface area contributed by atoms with Crippen LogP contribution in [0.25, 0.3) is 22.4 Å². The van der Waals surface area contributed by atoms with Gasteiger partial charge in [-0.05, 0) is 59.5 Å². The van der Waals surface area contributed by atoms with Gasteiger partial charge in [0.25, 0.3) is 11.5 Å². The van der Waals surface area contributed by atoms with Crippen molar-refractivity contribution in [3.63, 3.8) is 0 Å². The normalized spacial score (nSPS) is 10.6. The fourth-order valence-electron chi connectivity index (χ4n) is 3.77. The number of methoxy groups -OCH3 is 2. The predicted octanol–water partition coefficient (Wildman–Crippen LogP) is 4.96. The molecule has 0 saturated carbocycles. The van der Waals surface area contributed by atoms with E-state index in [9.17, 15) is 9.59 Å². The SMILES string of the molecule is COc1cc(OC)cc(-c2ccc(C(=O)NCc3c(C)cc(-c4ccccc4)[nH]c3=O)cc2)c1. The number of nitrogens with one attached hydrogen (secondary N) is 2. The van der Waals surface area contributed by atoms with Crippen LogP contribution in [0.2, 0.25) is 0 Å². The van der Waals surface area contributed by atoms with E-state index < -0.39 is 0 Å². The highest BCUT2D eigenvalue weighted by Gasteiger charge is 2.12. The lowest BCUT2D eigenvalue weighted by Gasteiger charge is -2.11. The number of aryl methyl sites for hydroxylation is 1. The van der Waals surface area contributed by atoms with Crippen molar-refractivity contribution in [2.75, 3.05) is 14.2 Å². The molecule has 0 fully saturated rings. The second-order valence-electron chi connectivity index (χ2n) is 7.90. The average Bonchev–Trinajstić information content (AvgIpc) is 2.88. The van der Waals surface area contributed by atoms with Crippen molar-refractivity contribution < 1.29 is 14.3 Å². The van der Waals surface area contributed by atoms with Crippen LogP contribution in [0.1, 0.15) is 21.5 Å². The lowest BCUT2D eigenvalue weighted by atomic mass is 10.0. The van der Waals surface area contributed by atoms with Crippen LogP contribution >= 0.6 is 0 Å². The van der Waals surface area contributed by atoms with Gasteiger partial charge in [0.15, 0.2) is 0 Å². The molecule has 0 radical (unpaired) electrons. The van der Waals surface area contributed by atoms with Crippen LogP contribution in [0.4, 0.5) is 0 Å². The molecule has 1 aromatic heterocycles. The van der Waals surface area contributed by atoms with E-state index in [1.54, 1.807) is 32.4 Å². The van der Waals surface area contributed by atoms with Crippen molar-refractivity contribution >= 4 is 5.91 Å². The summed E-state index contributed by atoms with van der Waals surface area (Å²) in [5.74, 6) is 1.13. The monoisotopic (exact) mass is 454 g/mol. The molecule has 6 heteroatoms. The summed E-state index contributed by atoms with van der Waals surface area (Å²) in [6.07, 6.45) is 0. The van der Waals surface area contributed by atoms with Gasteiger partial charge in [0.05, 0.1) is 14.2 Å². The Labute approximate surface area is 198 Å². The topological polar surface area (TPSA) is 80.4 Å². The Morgan fingerprint density at radius 1 is 0.824 bits per heavy atom. The first-order chi connectivity index (χ1) is 16.5. The summed E-state index contributed by atoms with van der Waals surface area (Å²) >= 11 is 0. The minimum atomic E-state index is -0.249. The summed E-state index contributed by atoms with van der Waals surface area (Å²) in [4.78, 5) is 28.3. The number of aromatic amines is 1. The first kappa shape index (κ1) is 22.9. The summed E-state index contributed by atoms with van der Waals surface area (Å²) in [6.45, 7) is 2.02. The lowest BCUT2D eigenvalue weighted by Crippen LogP contribution is -2.27. The summed E-state index contributed by atoms with van der Waals surface area (Å²) in [5.41, 5.74) is 5.20. The van der Waals surface area contributed by atoms with Gasteiger partial charge in [0, 0.05) is 29.4 Å². The highest BCUT2D eigenvalue weighted by atomic mass is 16.5. The van der Waals surface area contributed by atoms with Gasteiger partial charge in [-0.1, -0.05) is 42.5 Å². The number of carbonyl (C=O) groups excluding carboxylic acids is 1. The standard InChI is InChI=1S/C28H26N2O4/c1-18-13-26(20-7-5-4-6-8-20)30-28(32)25(18)17-29-27(31)21-11-9-19(10-12-21)22-14-23(33-2)16-24(15-22)34-3/h4-16H,17H2,1-3H3,(H,29,31)(H,30,32). The van der Waals surface area contributed by atoms with Gasteiger partial charge in [0.2, 0.25) is 0 Å². The average molecular weight is 455 g/mol. The molecule has 0 aliphatic heterocycles. The first-order valence-corrected chi connectivity index (χ1v) is 10.9. The van der Waals surface area contributed by atoms with Crippen LogP contribution in [-0.2, 0) is 6.54 Å². The van der Waals surface area contributed by atoms with E-state index >= 15 is 0 Å². The van der Waals surface area contributed by atoms with E-state index in [0.29, 0.717) is 22.6 Å². The van der Waals surface area contributed by atoms with Crippen molar-refractivity contribution in [3.05, 3.63) is 106 Å². The Morgan fingerprint density at radius 2 is 1.47 bits per heavy atom. The molecule has 0 aliphatic rings. The Kier molecular flexibility index (Phi) is 6.78. The summed E-state index contributed by atoms with van der Waals surface area (Å²) in [5, 5.41) is 2.85. The predicted molar refractivity (Wildman–Crippen MR) is 133 cm³/mol. The van der Waals surface area contributed by atoms with Crippen LogP contribution in [0.15, 0.2) is 83.7 Å². The zero-order valence-corrected chi connectivity index (χ0v) is 19.3. The summed E-state index contributed by atoms with van der Waals surface area (Å²) in [7, 11) is 3.21. The molecule has 4 rings (SSSR count). The Hall–Kier alpha value is -4.32. The second-order valence-corrected chi connectivity index (χ2v) is 7.90. The molecule has 3 aromatic carbocycles. The molecule has 0 atom stereocenters. The minimum absolute atomic E-state index is 0.143. The molecule has 0 saturated heterocycles. The maximum Gasteiger partial charge on any atom is 0.253 e. The van der Waals surface area contributed by atoms with Crippen LogP contribution < -0.4 is 20.3 Å². The van der Waals surface area contributed by atoms with Crippen LogP contribution in [0.5, 0.6) is 11.5 Å². The Morgan fingerprint density at radius 3 is 2.06 bits per heavy atom. The third-order valence-corrected chi connectivity index (χ3v) is 5.70. The van der Waals surface area contributed by atoms with E-state index in [0.717, 1.165) is 27.9 Å². The number of pyridine rings is 1. The van der Waals surface area contributed by atoms with E-state index in [2.05, 4.69) is 10.3 Å². The van der Waals surface area contributed by atoms with E-state index in [1.165, 1.54) is 0 Å². The molecule has 0 unspecified atom stereocenters. The largest absolute Gasteiger partial charge is 0.497 e. The zero-order chi connectivity index (χ0) is 24.1. The van der Waals surface area contributed by atoms with Gasteiger partial charge in [-0.2, -0.15) is 0 Å². The number of amides is 1. The number of ether oxygens (including phenoxy) is 2. The highest BCUT2D eigenvalue weighted by molar-refractivity contribution is 5.94. The second kappa shape index (κ2) is 10.1. The Balaban J connectivity index is 1.47. The molecular weight excluding hydrogens is 428 g/mol. The quantitative estimate of drug-likeness (QED) is 0.413. The number of hydrogen-bond acceptors (Lipinski definition) is 4. The van der Waals surface area contributed by atoms with Crippen molar-refractivity contribution in [1.29, 1.82) is 0 Å². The summed E-state index contributed by atoms with van der Waals surface area (Å²) in [6, 6.07) is 24.5. The molecule has 2 N–H and O–H groups in total. The Bertz CT molecular complexity index is 1340. The van der Waals surface area contributed by atoms with Crippen molar-refractivity contribution in [2.24, 2.45) is 0 Å². The molecule has 0 aliphatic carbocycles. The number of hydrogen-bond donors (Lipinski definition) is 2. The zero-order valence-electron chi connectivity index (χ0n) is 19.3. The van der Waals surface area contributed by atoms with Gasteiger partial charge >= 0.3 is 0 Å². The van der Waals surface area contributed by atoms with Crippen molar-refractivity contribution in [3.8, 4) is 33.9 Å². The minimum Gasteiger partial charge on any atom is -0.497 e. The smallest absolute Gasteiger partial charge is 0.253 e. The molecule has 1 amide bonds. The third kappa shape index (κ3) is 5.02. The van der Waals surface area contributed by atoms with Gasteiger partial charge in [-0.3, -0.25) is 9.59 Å². The van der Waals surface area contributed by atoms with E-state index in [4.69, 9.17) is 9.47 Å². The summed E-state index contributed by atoms with van der Waals surface area (Å²) < 4.78 is 10.7. The fourth-order valence-corrected chi connectivity index (χ4v) is 3.77. The number of aromatic nitrogens is 1. The van der Waals surface area contributed by atoms with E-state index in [-0.39, 0.29) is 18.0 Å². The van der Waals surface area contributed by atoms with Gasteiger partial charge in [0.1, 0.15) is 11.5 Å². The number of benzene rings is 3. The van der Waals surface area contributed by atoms with Crippen LogP contribution in [-0.4, -0.2) is 25.1 Å². The molecule has 6 nitrogen and oxygen atoms in total. The molecule has 4 aromatic rings.